The molecule has 0 fully saturated rings. The largest absolute Gasteiger partial charge is 0.309 e. The van der Waals surface area contributed by atoms with Crippen molar-refractivity contribution in [2.24, 2.45) is 0 Å². The highest BCUT2D eigenvalue weighted by atomic mass is 35.5. The summed E-state index contributed by atoms with van der Waals surface area (Å²) in [6.07, 6.45) is 0.201. The van der Waals surface area contributed by atoms with E-state index in [4.69, 9.17) is 11.6 Å². The van der Waals surface area contributed by atoms with E-state index in [2.05, 4.69) is 20.5 Å². The number of hydrogen-bond donors (Lipinski definition) is 2. The average Bonchev–Trinajstić information content (AvgIpc) is 3.09. The smallest absolute Gasteiger partial charge is 0.231 e. The SMILES string of the molecule is Cc1cc(NC(=O)Cc2csc(-c3ccccc3Cl)n2)n[nH]1. The van der Waals surface area contributed by atoms with Gasteiger partial charge in [-0.3, -0.25) is 9.89 Å². The second-order valence-corrected chi connectivity index (χ2v) is 6.05. The van der Waals surface area contributed by atoms with E-state index >= 15 is 0 Å². The molecule has 22 heavy (non-hydrogen) atoms. The van der Waals surface area contributed by atoms with Crippen LogP contribution >= 0.6 is 22.9 Å². The Morgan fingerprint density at radius 3 is 2.95 bits per heavy atom. The monoisotopic (exact) mass is 332 g/mol. The van der Waals surface area contributed by atoms with E-state index in [1.54, 1.807) is 6.07 Å². The average molecular weight is 333 g/mol. The molecule has 0 saturated heterocycles. The number of carbonyl (C=O) groups is 1. The molecule has 3 aromatic rings. The second kappa shape index (κ2) is 6.29. The normalized spacial score (nSPS) is 10.6. The molecule has 7 heteroatoms. The first kappa shape index (κ1) is 14.7. The van der Waals surface area contributed by atoms with Gasteiger partial charge >= 0.3 is 0 Å². The number of aromatic nitrogens is 3. The van der Waals surface area contributed by atoms with Crippen molar-refractivity contribution in [1.29, 1.82) is 0 Å². The Labute approximate surface area is 136 Å². The van der Waals surface area contributed by atoms with Gasteiger partial charge in [-0.25, -0.2) is 4.98 Å². The fraction of sp³-hybridized carbons (Fsp3) is 0.133. The summed E-state index contributed by atoms with van der Waals surface area (Å²) in [5.41, 5.74) is 2.48. The number of nitrogens with one attached hydrogen (secondary N) is 2. The molecule has 1 aromatic carbocycles. The van der Waals surface area contributed by atoms with Crippen molar-refractivity contribution in [2.45, 2.75) is 13.3 Å². The Balaban J connectivity index is 1.69. The third-order valence-corrected chi connectivity index (χ3v) is 4.23. The molecule has 0 atom stereocenters. The standard InChI is InChI=1S/C15H13ClN4OS/c1-9-6-13(20-19-9)18-14(21)7-10-8-22-15(17-10)11-4-2-3-5-12(11)16/h2-6,8H,7H2,1H3,(H2,18,19,20,21). The zero-order chi connectivity index (χ0) is 15.5. The number of nitrogens with zero attached hydrogens (tertiary/aromatic N) is 2. The lowest BCUT2D eigenvalue weighted by Gasteiger charge is -2.00. The maximum atomic E-state index is 12.0. The summed E-state index contributed by atoms with van der Waals surface area (Å²) >= 11 is 7.63. The molecule has 2 heterocycles. The minimum absolute atomic E-state index is 0.150. The molecule has 0 spiro atoms. The summed E-state index contributed by atoms with van der Waals surface area (Å²) in [5.74, 6) is 0.367. The molecular formula is C15H13ClN4OS. The van der Waals surface area contributed by atoms with Crippen molar-refractivity contribution in [3.8, 4) is 10.6 Å². The van der Waals surface area contributed by atoms with Gasteiger partial charge in [0.15, 0.2) is 5.82 Å². The maximum absolute atomic E-state index is 12.0. The first-order chi connectivity index (χ1) is 10.6. The molecule has 3 rings (SSSR count). The van der Waals surface area contributed by atoms with E-state index in [0.717, 1.165) is 16.3 Å². The van der Waals surface area contributed by atoms with Crippen LogP contribution in [0, 0.1) is 6.92 Å². The van der Waals surface area contributed by atoms with Crippen molar-refractivity contribution in [3.63, 3.8) is 0 Å². The van der Waals surface area contributed by atoms with Crippen molar-refractivity contribution in [3.05, 3.63) is 52.1 Å². The molecule has 5 nitrogen and oxygen atoms in total. The van der Waals surface area contributed by atoms with Crippen LogP contribution in [0.2, 0.25) is 5.02 Å². The Kier molecular flexibility index (Phi) is 4.22. The van der Waals surface area contributed by atoms with Crippen LogP contribution in [0.5, 0.6) is 0 Å². The van der Waals surface area contributed by atoms with Gasteiger partial charge in [-0.05, 0) is 13.0 Å². The minimum Gasteiger partial charge on any atom is -0.309 e. The van der Waals surface area contributed by atoms with E-state index in [0.29, 0.717) is 16.5 Å². The Morgan fingerprint density at radius 1 is 1.41 bits per heavy atom. The minimum atomic E-state index is -0.150. The second-order valence-electron chi connectivity index (χ2n) is 4.78. The van der Waals surface area contributed by atoms with Crippen LogP contribution in [0.3, 0.4) is 0 Å². The van der Waals surface area contributed by atoms with Crippen LogP contribution in [-0.4, -0.2) is 21.1 Å². The summed E-state index contributed by atoms with van der Waals surface area (Å²) in [4.78, 5) is 16.5. The number of thiazole rings is 1. The van der Waals surface area contributed by atoms with Gasteiger partial charge in [-0.15, -0.1) is 11.3 Å². The summed E-state index contributed by atoms with van der Waals surface area (Å²) in [7, 11) is 0. The number of carbonyl (C=O) groups excluding carboxylic acids is 1. The summed E-state index contributed by atoms with van der Waals surface area (Å²) in [5, 5.41) is 12.8. The van der Waals surface area contributed by atoms with E-state index in [1.165, 1.54) is 11.3 Å². The molecule has 0 aliphatic rings. The zero-order valence-electron chi connectivity index (χ0n) is 11.8. The van der Waals surface area contributed by atoms with Crippen LogP contribution in [-0.2, 0) is 11.2 Å². The van der Waals surface area contributed by atoms with Crippen molar-refractivity contribution in [1.82, 2.24) is 15.2 Å². The molecule has 112 valence electrons. The number of amides is 1. The number of anilines is 1. The predicted octanol–water partition coefficient (Wildman–Crippen LogP) is 3.68. The highest BCUT2D eigenvalue weighted by molar-refractivity contribution is 7.13. The molecule has 0 aliphatic carbocycles. The fourth-order valence-corrected chi connectivity index (χ4v) is 3.12. The lowest BCUT2D eigenvalue weighted by atomic mass is 10.2. The van der Waals surface area contributed by atoms with Gasteiger partial charge in [0.1, 0.15) is 5.01 Å². The predicted molar refractivity (Wildman–Crippen MR) is 88.2 cm³/mol. The third-order valence-electron chi connectivity index (χ3n) is 2.97. The quantitative estimate of drug-likeness (QED) is 0.765. The molecule has 0 radical (unpaired) electrons. The van der Waals surface area contributed by atoms with Gasteiger partial charge in [-0.2, -0.15) is 5.10 Å². The molecular weight excluding hydrogens is 320 g/mol. The number of H-pyrrole nitrogens is 1. The molecule has 2 N–H and O–H groups in total. The summed E-state index contributed by atoms with van der Waals surface area (Å²) < 4.78 is 0. The summed E-state index contributed by atoms with van der Waals surface area (Å²) in [6.45, 7) is 1.87. The van der Waals surface area contributed by atoms with Gasteiger partial charge < -0.3 is 5.32 Å². The van der Waals surface area contributed by atoms with Gasteiger partial charge in [0.05, 0.1) is 17.1 Å². The molecule has 0 aliphatic heterocycles. The number of aryl methyl sites for hydroxylation is 1. The lowest BCUT2D eigenvalue weighted by Crippen LogP contribution is -2.14. The van der Waals surface area contributed by atoms with Gasteiger partial charge in [0.25, 0.3) is 0 Å². The first-order valence-corrected chi connectivity index (χ1v) is 7.89. The summed E-state index contributed by atoms with van der Waals surface area (Å²) in [6, 6.07) is 9.30. The fourth-order valence-electron chi connectivity index (χ4n) is 1.98. The van der Waals surface area contributed by atoms with Crippen LogP contribution in [0.15, 0.2) is 35.7 Å². The number of aromatic amines is 1. The molecule has 0 bridgehead atoms. The first-order valence-electron chi connectivity index (χ1n) is 6.63. The van der Waals surface area contributed by atoms with E-state index < -0.39 is 0 Å². The van der Waals surface area contributed by atoms with Crippen LogP contribution < -0.4 is 5.32 Å². The van der Waals surface area contributed by atoms with Gasteiger partial charge in [-0.1, -0.05) is 29.8 Å². The molecule has 1 amide bonds. The molecule has 0 saturated carbocycles. The Hall–Kier alpha value is -2.18. The third kappa shape index (κ3) is 3.35. The highest BCUT2D eigenvalue weighted by Gasteiger charge is 2.11. The van der Waals surface area contributed by atoms with Crippen molar-refractivity contribution in [2.75, 3.05) is 5.32 Å². The van der Waals surface area contributed by atoms with Gasteiger partial charge in [0.2, 0.25) is 5.91 Å². The Bertz CT molecular complexity index is 811. The number of halogens is 1. The van der Waals surface area contributed by atoms with E-state index in [9.17, 15) is 4.79 Å². The zero-order valence-corrected chi connectivity index (χ0v) is 13.3. The molecule has 0 unspecified atom stereocenters. The van der Waals surface area contributed by atoms with Crippen LogP contribution in [0.25, 0.3) is 10.6 Å². The topological polar surface area (TPSA) is 70.7 Å². The van der Waals surface area contributed by atoms with E-state index in [-0.39, 0.29) is 12.3 Å². The maximum Gasteiger partial charge on any atom is 0.231 e. The van der Waals surface area contributed by atoms with Crippen LogP contribution in [0.1, 0.15) is 11.4 Å². The number of benzene rings is 1. The van der Waals surface area contributed by atoms with E-state index in [1.807, 2.05) is 36.6 Å². The number of hydrogen-bond acceptors (Lipinski definition) is 4. The Morgan fingerprint density at radius 2 is 2.23 bits per heavy atom. The van der Waals surface area contributed by atoms with Gasteiger partial charge in [0, 0.05) is 22.7 Å². The van der Waals surface area contributed by atoms with Crippen molar-refractivity contribution >= 4 is 34.7 Å². The van der Waals surface area contributed by atoms with Crippen LogP contribution in [0.4, 0.5) is 5.82 Å². The van der Waals surface area contributed by atoms with Crippen molar-refractivity contribution < 1.29 is 4.79 Å². The molecule has 2 aromatic heterocycles. The lowest BCUT2D eigenvalue weighted by molar-refractivity contribution is -0.115. The number of rotatable bonds is 4. The highest BCUT2D eigenvalue weighted by Crippen LogP contribution is 2.30.